The van der Waals surface area contributed by atoms with Crippen molar-refractivity contribution in [3.8, 4) is 5.75 Å². The van der Waals surface area contributed by atoms with Crippen molar-refractivity contribution in [3.05, 3.63) is 58.0 Å². The molecule has 1 unspecified atom stereocenters. The summed E-state index contributed by atoms with van der Waals surface area (Å²) >= 11 is 6.00. The minimum Gasteiger partial charge on any atom is -0.495 e. The number of benzene rings is 1. The third-order valence-electron chi connectivity index (χ3n) is 3.07. The molecule has 21 heavy (non-hydrogen) atoms. The van der Waals surface area contributed by atoms with Crippen molar-refractivity contribution in [1.29, 1.82) is 0 Å². The lowest BCUT2D eigenvalue weighted by Crippen LogP contribution is -2.30. The Labute approximate surface area is 127 Å². The molecule has 1 atom stereocenters. The average Bonchev–Trinajstić information content (AvgIpc) is 2.47. The van der Waals surface area contributed by atoms with E-state index in [0.29, 0.717) is 16.5 Å². The third-order valence-corrected chi connectivity index (χ3v) is 3.36. The van der Waals surface area contributed by atoms with E-state index < -0.39 is 6.04 Å². The quantitative estimate of drug-likeness (QED) is 0.945. The summed E-state index contributed by atoms with van der Waals surface area (Å²) in [6.45, 7) is 1.65. The van der Waals surface area contributed by atoms with Crippen molar-refractivity contribution >= 4 is 23.2 Å². The summed E-state index contributed by atoms with van der Waals surface area (Å²) in [7, 11) is 1.52. The van der Waals surface area contributed by atoms with Crippen LogP contribution >= 0.6 is 11.6 Å². The first kappa shape index (κ1) is 15.1. The van der Waals surface area contributed by atoms with Gasteiger partial charge in [0, 0.05) is 18.0 Å². The van der Waals surface area contributed by atoms with Crippen LogP contribution in [0.2, 0.25) is 5.02 Å². The molecule has 0 fully saturated rings. The molecule has 0 aliphatic rings. The van der Waals surface area contributed by atoms with Crippen LogP contribution in [-0.4, -0.2) is 17.6 Å². The molecule has 110 valence electrons. The molecule has 0 aliphatic heterocycles. The summed E-state index contributed by atoms with van der Waals surface area (Å²) < 4.78 is 6.41. The molecule has 1 heterocycles. The number of aromatic nitrogens is 1. The lowest BCUT2D eigenvalue weighted by atomic mass is 10.2. The predicted molar refractivity (Wildman–Crippen MR) is 82.0 cm³/mol. The van der Waals surface area contributed by atoms with E-state index in [-0.39, 0.29) is 11.5 Å². The molecule has 0 saturated heterocycles. The molecule has 0 saturated carbocycles. The number of carbonyl (C=O) groups is 1. The van der Waals surface area contributed by atoms with E-state index in [4.69, 9.17) is 16.3 Å². The van der Waals surface area contributed by atoms with Crippen molar-refractivity contribution in [3.63, 3.8) is 0 Å². The fourth-order valence-corrected chi connectivity index (χ4v) is 2.13. The molecule has 1 aromatic carbocycles. The number of pyridine rings is 1. The molecule has 0 spiro atoms. The number of rotatable bonds is 4. The van der Waals surface area contributed by atoms with Gasteiger partial charge in [0.2, 0.25) is 5.91 Å². The third kappa shape index (κ3) is 3.44. The second kappa shape index (κ2) is 6.45. The maximum atomic E-state index is 12.2. The summed E-state index contributed by atoms with van der Waals surface area (Å²) in [5.41, 5.74) is 0.314. The van der Waals surface area contributed by atoms with Gasteiger partial charge in [0.1, 0.15) is 11.8 Å². The molecule has 0 radical (unpaired) electrons. The first-order valence-electron chi connectivity index (χ1n) is 6.34. The number of anilines is 1. The standard InChI is InChI=1S/C15H15ClN2O3/c1-10(18-8-4-3-5-14(18)19)15(20)17-11-6-7-13(21-2)12(16)9-11/h3-10H,1-2H3,(H,17,20). The van der Waals surface area contributed by atoms with Gasteiger partial charge in [-0.3, -0.25) is 9.59 Å². The smallest absolute Gasteiger partial charge is 0.251 e. The van der Waals surface area contributed by atoms with E-state index in [2.05, 4.69) is 5.32 Å². The van der Waals surface area contributed by atoms with Crippen LogP contribution in [0.4, 0.5) is 5.69 Å². The van der Waals surface area contributed by atoms with Gasteiger partial charge in [-0.15, -0.1) is 0 Å². The number of amides is 1. The Bertz CT molecular complexity index is 712. The zero-order valence-electron chi connectivity index (χ0n) is 11.7. The lowest BCUT2D eigenvalue weighted by Gasteiger charge is -2.15. The van der Waals surface area contributed by atoms with Crippen LogP contribution in [0.25, 0.3) is 0 Å². The summed E-state index contributed by atoms with van der Waals surface area (Å²) in [6, 6.07) is 9.06. The van der Waals surface area contributed by atoms with Gasteiger partial charge in [-0.05, 0) is 31.2 Å². The van der Waals surface area contributed by atoms with Gasteiger partial charge in [0.25, 0.3) is 5.56 Å². The number of halogens is 1. The molecule has 1 N–H and O–H groups in total. The number of nitrogens with zero attached hydrogens (tertiary/aromatic N) is 1. The van der Waals surface area contributed by atoms with Gasteiger partial charge in [-0.25, -0.2) is 0 Å². The van der Waals surface area contributed by atoms with E-state index in [1.165, 1.54) is 17.7 Å². The summed E-state index contributed by atoms with van der Waals surface area (Å²) in [5.74, 6) is 0.228. The van der Waals surface area contributed by atoms with Crippen LogP contribution in [0.15, 0.2) is 47.4 Å². The largest absolute Gasteiger partial charge is 0.495 e. The Morgan fingerprint density at radius 3 is 2.71 bits per heavy atom. The highest BCUT2D eigenvalue weighted by Crippen LogP contribution is 2.27. The molecule has 1 aromatic heterocycles. The average molecular weight is 307 g/mol. The molecule has 2 rings (SSSR count). The molecule has 1 amide bonds. The van der Waals surface area contributed by atoms with Gasteiger partial charge in [0.15, 0.2) is 0 Å². The van der Waals surface area contributed by atoms with Crippen LogP contribution in [0.5, 0.6) is 5.75 Å². The fraction of sp³-hybridized carbons (Fsp3) is 0.200. The van der Waals surface area contributed by atoms with Crippen molar-refractivity contribution in [1.82, 2.24) is 4.57 Å². The zero-order chi connectivity index (χ0) is 15.4. The van der Waals surface area contributed by atoms with Gasteiger partial charge < -0.3 is 14.6 Å². The van der Waals surface area contributed by atoms with Gasteiger partial charge in [-0.2, -0.15) is 0 Å². The fourth-order valence-electron chi connectivity index (χ4n) is 1.88. The molecule has 5 nitrogen and oxygen atoms in total. The Morgan fingerprint density at radius 1 is 1.33 bits per heavy atom. The van der Waals surface area contributed by atoms with E-state index >= 15 is 0 Å². The first-order chi connectivity index (χ1) is 10.0. The Morgan fingerprint density at radius 2 is 2.10 bits per heavy atom. The maximum Gasteiger partial charge on any atom is 0.251 e. The van der Waals surface area contributed by atoms with Crippen LogP contribution in [0.3, 0.4) is 0 Å². The Hall–Kier alpha value is -2.27. The molecule has 2 aromatic rings. The Kier molecular flexibility index (Phi) is 4.65. The minimum atomic E-state index is -0.625. The second-order valence-electron chi connectivity index (χ2n) is 4.46. The number of carbonyl (C=O) groups excluding carboxylic acids is 1. The minimum absolute atomic E-state index is 0.229. The van der Waals surface area contributed by atoms with Crippen LogP contribution < -0.4 is 15.6 Å². The summed E-state index contributed by atoms with van der Waals surface area (Å²) in [5, 5.41) is 3.12. The number of methoxy groups -OCH3 is 1. The van der Waals surface area contributed by atoms with Gasteiger partial charge in [0.05, 0.1) is 12.1 Å². The first-order valence-corrected chi connectivity index (χ1v) is 6.72. The van der Waals surface area contributed by atoms with Crippen LogP contribution in [0, 0.1) is 0 Å². The lowest BCUT2D eigenvalue weighted by molar-refractivity contribution is -0.118. The number of hydrogen-bond donors (Lipinski definition) is 1. The van der Waals surface area contributed by atoms with Crippen molar-refractivity contribution in [2.45, 2.75) is 13.0 Å². The maximum absolute atomic E-state index is 12.2. The topological polar surface area (TPSA) is 60.3 Å². The van der Waals surface area contributed by atoms with Crippen LogP contribution in [0.1, 0.15) is 13.0 Å². The van der Waals surface area contributed by atoms with Crippen molar-refractivity contribution < 1.29 is 9.53 Å². The van der Waals surface area contributed by atoms with E-state index in [1.807, 2.05) is 0 Å². The highest BCUT2D eigenvalue weighted by atomic mass is 35.5. The molecular formula is C15H15ClN2O3. The second-order valence-corrected chi connectivity index (χ2v) is 4.87. The molecule has 0 aliphatic carbocycles. The monoisotopic (exact) mass is 306 g/mol. The number of ether oxygens (including phenoxy) is 1. The van der Waals surface area contributed by atoms with E-state index in [0.717, 1.165) is 0 Å². The predicted octanol–water partition coefficient (Wildman–Crippen LogP) is 2.71. The van der Waals surface area contributed by atoms with Gasteiger partial charge >= 0.3 is 0 Å². The molecule has 6 heteroatoms. The zero-order valence-corrected chi connectivity index (χ0v) is 12.4. The summed E-state index contributed by atoms with van der Waals surface area (Å²) in [6.07, 6.45) is 1.58. The highest BCUT2D eigenvalue weighted by Gasteiger charge is 2.16. The number of nitrogens with one attached hydrogen (secondary N) is 1. The van der Waals surface area contributed by atoms with Crippen molar-refractivity contribution in [2.75, 3.05) is 12.4 Å². The molecular weight excluding hydrogens is 292 g/mol. The van der Waals surface area contributed by atoms with E-state index in [1.54, 1.807) is 43.5 Å². The van der Waals surface area contributed by atoms with Crippen LogP contribution in [-0.2, 0) is 4.79 Å². The van der Waals surface area contributed by atoms with E-state index in [9.17, 15) is 9.59 Å². The molecule has 0 bridgehead atoms. The van der Waals surface area contributed by atoms with Crippen molar-refractivity contribution in [2.24, 2.45) is 0 Å². The SMILES string of the molecule is COc1ccc(NC(=O)C(C)n2ccccc2=O)cc1Cl. The summed E-state index contributed by atoms with van der Waals surface area (Å²) in [4.78, 5) is 23.9. The van der Waals surface area contributed by atoms with Gasteiger partial charge in [-0.1, -0.05) is 17.7 Å². The Balaban J connectivity index is 2.16. The number of hydrogen-bond acceptors (Lipinski definition) is 3. The highest BCUT2D eigenvalue weighted by molar-refractivity contribution is 6.32. The normalized spacial score (nSPS) is 11.8.